The highest BCUT2D eigenvalue weighted by Crippen LogP contribution is 2.43. The normalized spacial score (nSPS) is 16.9. The first-order valence-corrected chi connectivity index (χ1v) is 10.6. The highest BCUT2D eigenvalue weighted by atomic mass is 32.1. The third-order valence-corrected chi connectivity index (χ3v) is 6.45. The van der Waals surface area contributed by atoms with Crippen molar-refractivity contribution in [2.75, 3.05) is 6.73 Å². The van der Waals surface area contributed by atoms with Crippen LogP contribution in [0, 0.1) is 19.7 Å². The van der Waals surface area contributed by atoms with E-state index in [2.05, 4.69) is 4.90 Å². The molecule has 1 aromatic heterocycles. The summed E-state index contributed by atoms with van der Waals surface area (Å²) in [5.41, 5.74) is 4.53. The molecular formula is C24H20FNO3S. The summed E-state index contributed by atoms with van der Waals surface area (Å²) in [5.74, 6) is 1.38. The molecule has 0 saturated heterocycles. The number of aryl methyl sites for hydroxylation is 1. The van der Waals surface area contributed by atoms with E-state index in [0.717, 1.165) is 32.9 Å². The van der Waals surface area contributed by atoms with Gasteiger partial charge in [0.25, 0.3) is 0 Å². The molecule has 2 aliphatic heterocycles. The van der Waals surface area contributed by atoms with E-state index in [0.29, 0.717) is 36.9 Å². The summed E-state index contributed by atoms with van der Waals surface area (Å²) >= 11 is 1.59. The van der Waals surface area contributed by atoms with Crippen LogP contribution in [0.1, 0.15) is 37.5 Å². The Kier molecular flexibility index (Phi) is 4.68. The Morgan fingerprint density at radius 2 is 1.97 bits per heavy atom. The van der Waals surface area contributed by atoms with Crippen LogP contribution in [0.2, 0.25) is 0 Å². The van der Waals surface area contributed by atoms with Crippen LogP contribution in [0.3, 0.4) is 0 Å². The molecule has 3 aromatic rings. The van der Waals surface area contributed by atoms with Crippen molar-refractivity contribution in [3.8, 4) is 11.5 Å². The van der Waals surface area contributed by atoms with E-state index in [1.807, 2.05) is 37.4 Å². The van der Waals surface area contributed by atoms with Gasteiger partial charge in [0.05, 0.1) is 5.56 Å². The average Bonchev–Trinajstić information content (AvgIpc) is 3.28. The molecule has 2 aliphatic rings. The minimum atomic E-state index is -0.245. The summed E-state index contributed by atoms with van der Waals surface area (Å²) in [6.07, 6.45) is 1.82. The molecule has 0 bridgehead atoms. The van der Waals surface area contributed by atoms with Crippen molar-refractivity contribution >= 4 is 23.2 Å². The van der Waals surface area contributed by atoms with Gasteiger partial charge in [-0.15, -0.1) is 11.3 Å². The quantitative estimate of drug-likeness (QED) is 0.526. The lowest BCUT2D eigenvalue weighted by atomic mass is 10.00. The molecule has 5 rings (SSSR count). The van der Waals surface area contributed by atoms with E-state index in [1.165, 1.54) is 12.1 Å². The summed E-state index contributed by atoms with van der Waals surface area (Å²) in [6, 6.07) is 10.4. The molecular weight excluding hydrogens is 401 g/mol. The van der Waals surface area contributed by atoms with Crippen molar-refractivity contribution in [3.05, 3.63) is 86.0 Å². The lowest BCUT2D eigenvalue weighted by Crippen LogP contribution is -2.32. The molecule has 2 aromatic carbocycles. The number of carbonyl (C=O) groups excluding carboxylic acids is 1. The smallest absolute Gasteiger partial charge is 0.232 e. The fourth-order valence-electron chi connectivity index (χ4n) is 3.90. The van der Waals surface area contributed by atoms with E-state index < -0.39 is 0 Å². The van der Waals surface area contributed by atoms with Crippen molar-refractivity contribution in [1.82, 2.24) is 4.90 Å². The van der Waals surface area contributed by atoms with Gasteiger partial charge in [0.2, 0.25) is 5.78 Å². The number of Topliss-reactive ketones (excluding diaryl/α,β-unsaturated/α-hetero) is 1. The number of hydrogen-bond donors (Lipinski definition) is 0. The molecule has 0 amide bonds. The van der Waals surface area contributed by atoms with Gasteiger partial charge in [-0.25, -0.2) is 4.39 Å². The van der Waals surface area contributed by atoms with Crippen LogP contribution >= 0.6 is 11.3 Å². The Morgan fingerprint density at radius 3 is 2.70 bits per heavy atom. The minimum absolute atomic E-state index is 0.0978. The summed E-state index contributed by atoms with van der Waals surface area (Å²) < 4.78 is 25.2. The molecule has 0 aliphatic carbocycles. The van der Waals surface area contributed by atoms with Crippen LogP contribution in [-0.2, 0) is 13.1 Å². The summed E-state index contributed by atoms with van der Waals surface area (Å²) in [5, 5.41) is 2.00. The zero-order valence-electron chi connectivity index (χ0n) is 16.7. The van der Waals surface area contributed by atoms with E-state index in [1.54, 1.807) is 23.5 Å². The lowest BCUT2D eigenvalue weighted by molar-refractivity contribution is 0.0876. The maximum absolute atomic E-state index is 13.2. The number of hydrogen-bond acceptors (Lipinski definition) is 5. The van der Waals surface area contributed by atoms with Crippen LogP contribution in [0.5, 0.6) is 11.5 Å². The van der Waals surface area contributed by atoms with Gasteiger partial charge in [-0.1, -0.05) is 12.1 Å². The van der Waals surface area contributed by atoms with Gasteiger partial charge in [-0.3, -0.25) is 9.69 Å². The Bertz CT molecular complexity index is 1180. The second kappa shape index (κ2) is 7.38. The SMILES string of the molecule is Cc1ccsc1/C=C1\Oc2c(cc3c(c2C)OCN(Cc2ccc(F)cc2)C3)C1=O. The zero-order chi connectivity index (χ0) is 20.8. The Labute approximate surface area is 178 Å². The standard InChI is InChI=1S/C24H20FNO3S/c1-14-7-8-30-21(14)10-20-22(27)19-9-17-12-26(11-16-3-5-18(25)6-4-16)13-28-23(17)15(2)24(19)29-20/h3-10H,11-13H2,1-2H3/b20-10-. The number of ketones is 1. The van der Waals surface area contributed by atoms with E-state index >= 15 is 0 Å². The third kappa shape index (κ3) is 3.32. The second-order valence-electron chi connectivity index (χ2n) is 7.66. The summed E-state index contributed by atoms with van der Waals surface area (Å²) in [6.45, 7) is 5.66. The highest BCUT2D eigenvalue weighted by molar-refractivity contribution is 7.11. The average molecular weight is 421 g/mol. The van der Waals surface area contributed by atoms with Crippen LogP contribution in [0.15, 0.2) is 47.5 Å². The topological polar surface area (TPSA) is 38.8 Å². The number of nitrogens with zero attached hydrogens (tertiary/aromatic N) is 1. The van der Waals surface area contributed by atoms with Gasteiger partial charge < -0.3 is 9.47 Å². The van der Waals surface area contributed by atoms with Crippen molar-refractivity contribution in [3.63, 3.8) is 0 Å². The maximum Gasteiger partial charge on any atom is 0.232 e. The Morgan fingerprint density at radius 1 is 1.17 bits per heavy atom. The predicted molar refractivity (Wildman–Crippen MR) is 114 cm³/mol. The van der Waals surface area contributed by atoms with Crippen molar-refractivity contribution in [1.29, 1.82) is 0 Å². The molecule has 0 atom stereocenters. The molecule has 152 valence electrons. The van der Waals surface area contributed by atoms with Gasteiger partial charge in [-0.05, 0) is 54.6 Å². The van der Waals surface area contributed by atoms with Gasteiger partial charge in [0.15, 0.2) is 5.76 Å². The predicted octanol–water partition coefficient (Wildman–Crippen LogP) is 5.47. The second-order valence-corrected chi connectivity index (χ2v) is 8.61. The minimum Gasteiger partial charge on any atom is -0.477 e. The molecule has 3 heterocycles. The van der Waals surface area contributed by atoms with Gasteiger partial charge in [0, 0.05) is 35.2 Å². The summed E-state index contributed by atoms with van der Waals surface area (Å²) in [7, 11) is 0. The number of rotatable bonds is 3. The number of benzene rings is 2. The third-order valence-electron chi connectivity index (χ3n) is 5.49. The largest absolute Gasteiger partial charge is 0.477 e. The number of allylic oxidation sites excluding steroid dienone is 1. The molecule has 6 heteroatoms. The number of fused-ring (bicyclic) bond motifs is 2. The number of halogens is 1. The molecule has 0 unspecified atom stereocenters. The van der Waals surface area contributed by atoms with Crippen molar-refractivity contribution < 1.29 is 18.7 Å². The molecule has 4 nitrogen and oxygen atoms in total. The molecule has 0 radical (unpaired) electrons. The fraction of sp³-hybridized carbons (Fsp3) is 0.208. The van der Waals surface area contributed by atoms with Crippen LogP contribution in [0.25, 0.3) is 6.08 Å². The number of ether oxygens (including phenoxy) is 2. The van der Waals surface area contributed by atoms with Gasteiger partial charge in [-0.2, -0.15) is 0 Å². The summed E-state index contributed by atoms with van der Waals surface area (Å²) in [4.78, 5) is 16.1. The van der Waals surface area contributed by atoms with Crippen LogP contribution in [-0.4, -0.2) is 17.4 Å². The van der Waals surface area contributed by atoms with E-state index in [4.69, 9.17) is 9.47 Å². The molecule has 0 saturated carbocycles. The highest BCUT2D eigenvalue weighted by Gasteiger charge is 2.33. The van der Waals surface area contributed by atoms with Crippen LogP contribution < -0.4 is 9.47 Å². The van der Waals surface area contributed by atoms with Crippen molar-refractivity contribution in [2.45, 2.75) is 26.9 Å². The number of carbonyl (C=O) groups is 1. The molecule has 0 N–H and O–H groups in total. The monoisotopic (exact) mass is 421 g/mol. The lowest BCUT2D eigenvalue weighted by Gasteiger charge is -2.30. The maximum atomic E-state index is 13.2. The van der Waals surface area contributed by atoms with Crippen molar-refractivity contribution in [2.24, 2.45) is 0 Å². The fourth-order valence-corrected chi connectivity index (χ4v) is 4.75. The first-order valence-electron chi connectivity index (χ1n) is 9.74. The Hall–Kier alpha value is -2.96. The molecule has 0 spiro atoms. The molecule has 0 fully saturated rings. The van der Waals surface area contributed by atoms with Crippen LogP contribution in [0.4, 0.5) is 4.39 Å². The zero-order valence-corrected chi connectivity index (χ0v) is 17.5. The Balaban J connectivity index is 1.42. The van der Waals surface area contributed by atoms with Gasteiger partial charge in [0.1, 0.15) is 24.0 Å². The van der Waals surface area contributed by atoms with Gasteiger partial charge >= 0.3 is 0 Å². The number of thiophene rings is 1. The van der Waals surface area contributed by atoms with E-state index in [-0.39, 0.29) is 11.6 Å². The first kappa shape index (κ1) is 19.0. The first-order chi connectivity index (χ1) is 14.5. The molecule has 30 heavy (non-hydrogen) atoms. The van der Waals surface area contributed by atoms with E-state index in [9.17, 15) is 9.18 Å².